The fraction of sp³-hybridized carbons (Fsp3) is 0.292. The molecule has 0 bridgehead atoms. The molecule has 1 amide bonds. The van der Waals surface area contributed by atoms with Crippen molar-refractivity contribution in [3.05, 3.63) is 77.9 Å². The normalized spacial score (nSPS) is 16.3. The molecule has 0 N–H and O–H groups in total. The van der Waals surface area contributed by atoms with Gasteiger partial charge in [-0.15, -0.1) is 0 Å². The van der Waals surface area contributed by atoms with Crippen LogP contribution in [-0.4, -0.2) is 46.5 Å². The van der Waals surface area contributed by atoms with Crippen LogP contribution in [0.4, 0.5) is 10.2 Å². The van der Waals surface area contributed by atoms with Gasteiger partial charge >= 0.3 is 0 Å². The van der Waals surface area contributed by atoms with Crippen LogP contribution in [0.3, 0.4) is 0 Å². The summed E-state index contributed by atoms with van der Waals surface area (Å²) in [4.78, 5) is 25.3. The molecular formula is C24H25FN4O2. The summed E-state index contributed by atoms with van der Waals surface area (Å²) in [7, 11) is 0. The van der Waals surface area contributed by atoms with E-state index in [4.69, 9.17) is 4.74 Å². The SMILES string of the molecule is Cc1ccc(F)c(Oc2cc(N3CCN(C(=O)Cc4ccccc4)[C@@H](C)C3)ncn2)c1. The molecule has 4 rings (SSSR count). The Bertz CT molecular complexity index is 1060. The average Bonchev–Trinajstić information content (AvgIpc) is 2.77. The summed E-state index contributed by atoms with van der Waals surface area (Å²) in [5.41, 5.74) is 1.92. The highest BCUT2D eigenvalue weighted by atomic mass is 19.1. The standard InChI is InChI=1S/C24H25FN4O2/c1-17-8-9-20(25)21(12-17)31-23-14-22(26-16-27-23)28-10-11-29(18(2)15-28)24(30)13-19-6-4-3-5-7-19/h3-9,12,14,16,18H,10-11,13,15H2,1-2H3/t18-/m0/s1. The average molecular weight is 420 g/mol. The molecule has 0 aliphatic carbocycles. The van der Waals surface area contributed by atoms with Crippen molar-refractivity contribution in [2.24, 2.45) is 0 Å². The molecule has 2 heterocycles. The lowest BCUT2D eigenvalue weighted by Crippen LogP contribution is -2.54. The summed E-state index contributed by atoms with van der Waals surface area (Å²) in [6.07, 6.45) is 1.81. The lowest BCUT2D eigenvalue weighted by atomic mass is 10.1. The van der Waals surface area contributed by atoms with E-state index < -0.39 is 5.82 Å². The highest BCUT2D eigenvalue weighted by Crippen LogP contribution is 2.26. The van der Waals surface area contributed by atoms with Crippen LogP contribution in [0.2, 0.25) is 0 Å². The summed E-state index contributed by atoms with van der Waals surface area (Å²) in [6, 6.07) is 16.2. The van der Waals surface area contributed by atoms with Gasteiger partial charge < -0.3 is 14.5 Å². The monoisotopic (exact) mass is 420 g/mol. The number of hydrogen-bond donors (Lipinski definition) is 0. The zero-order chi connectivity index (χ0) is 21.8. The molecule has 0 radical (unpaired) electrons. The van der Waals surface area contributed by atoms with Gasteiger partial charge in [0.15, 0.2) is 11.6 Å². The smallest absolute Gasteiger partial charge is 0.227 e. The molecule has 1 aliphatic heterocycles. The van der Waals surface area contributed by atoms with E-state index >= 15 is 0 Å². The van der Waals surface area contributed by atoms with E-state index in [1.165, 1.54) is 12.4 Å². The molecule has 1 atom stereocenters. The number of carbonyl (C=O) groups excluding carboxylic acids is 1. The Morgan fingerprint density at radius 1 is 1.13 bits per heavy atom. The van der Waals surface area contributed by atoms with Gasteiger partial charge in [-0.1, -0.05) is 36.4 Å². The second kappa shape index (κ2) is 9.12. The largest absolute Gasteiger partial charge is 0.436 e. The molecule has 0 spiro atoms. The van der Waals surface area contributed by atoms with E-state index in [-0.39, 0.29) is 23.6 Å². The minimum atomic E-state index is -0.440. The highest BCUT2D eigenvalue weighted by molar-refractivity contribution is 5.79. The Balaban J connectivity index is 1.41. The number of amides is 1. The molecular weight excluding hydrogens is 395 g/mol. The number of ether oxygens (including phenoxy) is 1. The first-order chi connectivity index (χ1) is 15.0. The maximum Gasteiger partial charge on any atom is 0.227 e. The van der Waals surface area contributed by atoms with E-state index in [0.717, 1.165) is 11.1 Å². The van der Waals surface area contributed by atoms with Crippen molar-refractivity contribution >= 4 is 11.7 Å². The molecule has 2 aromatic carbocycles. The molecule has 1 saturated heterocycles. The fourth-order valence-corrected chi connectivity index (χ4v) is 3.77. The van der Waals surface area contributed by atoms with Crippen molar-refractivity contribution in [3.63, 3.8) is 0 Å². The fourth-order valence-electron chi connectivity index (χ4n) is 3.77. The van der Waals surface area contributed by atoms with Crippen LogP contribution >= 0.6 is 0 Å². The van der Waals surface area contributed by atoms with Crippen molar-refractivity contribution < 1.29 is 13.9 Å². The molecule has 1 fully saturated rings. The number of nitrogens with zero attached hydrogens (tertiary/aromatic N) is 4. The second-order valence-corrected chi connectivity index (χ2v) is 7.79. The third-order valence-corrected chi connectivity index (χ3v) is 5.40. The van der Waals surface area contributed by atoms with E-state index in [1.54, 1.807) is 18.2 Å². The van der Waals surface area contributed by atoms with Crippen LogP contribution in [0.25, 0.3) is 0 Å². The molecule has 160 valence electrons. The van der Waals surface area contributed by atoms with Crippen LogP contribution in [0.1, 0.15) is 18.1 Å². The second-order valence-electron chi connectivity index (χ2n) is 7.79. The van der Waals surface area contributed by atoms with Gasteiger partial charge in [-0.2, -0.15) is 0 Å². The number of piperazine rings is 1. The third kappa shape index (κ3) is 4.99. The lowest BCUT2D eigenvalue weighted by Gasteiger charge is -2.40. The lowest BCUT2D eigenvalue weighted by molar-refractivity contribution is -0.132. The predicted molar refractivity (Wildman–Crippen MR) is 117 cm³/mol. The van der Waals surface area contributed by atoms with E-state index in [1.807, 2.05) is 49.1 Å². The molecule has 6 nitrogen and oxygen atoms in total. The first-order valence-electron chi connectivity index (χ1n) is 10.3. The third-order valence-electron chi connectivity index (χ3n) is 5.40. The number of halogens is 1. The number of carbonyl (C=O) groups is 1. The maximum atomic E-state index is 14.0. The highest BCUT2D eigenvalue weighted by Gasteiger charge is 2.28. The molecule has 31 heavy (non-hydrogen) atoms. The van der Waals surface area contributed by atoms with Crippen LogP contribution in [0.5, 0.6) is 11.6 Å². The van der Waals surface area contributed by atoms with Crippen LogP contribution in [0.15, 0.2) is 60.9 Å². The van der Waals surface area contributed by atoms with Gasteiger partial charge in [-0.25, -0.2) is 14.4 Å². The summed E-state index contributed by atoms with van der Waals surface area (Å²) < 4.78 is 19.7. The zero-order valence-corrected chi connectivity index (χ0v) is 17.7. The van der Waals surface area contributed by atoms with Gasteiger partial charge in [0.2, 0.25) is 11.8 Å². The molecule has 0 unspecified atom stereocenters. The Hall–Kier alpha value is -3.48. The quantitative estimate of drug-likeness (QED) is 0.625. The van der Waals surface area contributed by atoms with E-state index in [2.05, 4.69) is 14.9 Å². The van der Waals surface area contributed by atoms with Crippen molar-refractivity contribution in [2.45, 2.75) is 26.3 Å². The van der Waals surface area contributed by atoms with Gasteiger partial charge in [0.05, 0.1) is 6.42 Å². The number of benzene rings is 2. The summed E-state index contributed by atoms with van der Waals surface area (Å²) in [5, 5.41) is 0. The summed E-state index contributed by atoms with van der Waals surface area (Å²) >= 11 is 0. The molecule has 1 aromatic heterocycles. The maximum absolute atomic E-state index is 14.0. The van der Waals surface area contributed by atoms with Crippen molar-refractivity contribution in [3.8, 4) is 11.6 Å². The minimum Gasteiger partial charge on any atom is -0.436 e. The summed E-state index contributed by atoms with van der Waals surface area (Å²) in [6.45, 7) is 5.82. The Morgan fingerprint density at radius 3 is 2.71 bits per heavy atom. The summed E-state index contributed by atoms with van der Waals surface area (Å²) in [5.74, 6) is 0.795. The number of aryl methyl sites for hydroxylation is 1. The number of aromatic nitrogens is 2. The Morgan fingerprint density at radius 2 is 1.94 bits per heavy atom. The number of hydrogen-bond acceptors (Lipinski definition) is 5. The van der Waals surface area contributed by atoms with Crippen LogP contribution < -0.4 is 9.64 Å². The van der Waals surface area contributed by atoms with Crippen molar-refractivity contribution in [2.75, 3.05) is 24.5 Å². The topological polar surface area (TPSA) is 58.6 Å². The van der Waals surface area contributed by atoms with E-state index in [9.17, 15) is 9.18 Å². The van der Waals surface area contributed by atoms with Gasteiger partial charge in [-0.05, 0) is 37.1 Å². The predicted octanol–water partition coefficient (Wildman–Crippen LogP) is 4.00. The van der Waals surface area contributed by atoms with Crippen LogP contribution in [0, 0.1) is 12.7 Å². The van der Waals surface area contributed by atoms with Crippen molar-refractivity contribution in [1.29, 1.82) is 0 Å². The first-order valence-corrected chi connectivity index (χ1v) is 10.3. The molecule has 1 aliphatic rings. The molecule has 7 heteroatoms. The zero-order valence-electron chi connectivity index (χ0n) is 17.7. The Labute approximate surface area is 181 Å². The Kier molecular flexibility index (Phi) is 6.11. The van der Waals surface area contributed by atoms with E-state index in [0.29, 0.717) is 31.9 Å². The number of rotatable bonds is 5. The van der Waals surface area contributed by atoms with Crippen molar-refractivity contribution in [1.82, 2.24) is 14.9 Å². The van der Waals surface area contributed by atoms with Gasteiger partial charge in [-0.3, -0.25) is 4.79 Å². The number of anilines is 1. The molecule has 3 aromatic rings. The molecule has 0 saturated carbocycles. The first kappa shape index (κ1) is 20.8. The van der Waals surface area contributed by atoms with Gasteiger partial charge in [0.25, 0.3) is 0 Å². The van der Waals surface area contributed by atoms with Crippen LogP contribution in [-0.2, 0) is 11.2 Å². The minimum absolute atomic E-state index is 0.0403. The van der Waals surface area contributed by atoms with Gasteiger partial charge in [0.1, 0.15) is 12.1 Å². The van der Waals surface area contributed by atoms with Gasteiger partial charge in [0, 0.05) is 31.7 Å².